The Kier molecular flexibility index (Phi) is 10.9. The van der Waals surface area contributed by atoms with Crippen LogP contribution in [0.2, 0.25) is 0 Å². The number of aliphatic hydroxyl groups is 1. The van der Waals surface area contributed by atoms with Gasteiger partial charge in [0.25, 0.3) is 0 Å². The van der Waals surface area contributed by atoms with Crippen LogP contribution < -0.4 is 10.6 Å². The van der Waals surface area contributed by atoms with Crippen molar-refractivity contribution in [3.63, 3.8) is 0 Å². The molecule has 0 radical (unpaired) electrons. The molecule has 2 heterocycles. The molecule has 0 spiro atoms. The lowest BCUT2D eigenvalue weighted by molar-refractivity contribution is -0.166. The van der Waals surface area contributed by atoms with Gasteiger partial charge in [0.05, 0.1) is 12.1 Å². The maximum absolute atomic E-state index is 13.9. The third kappa shape index (κ3) is 7.38. The number of ether oxygens (including phenoxy) is 1. The molecule has 0 fully saturated rings. The molecule has 0 amide bonds. The molecule has 0 bridgehead atoms. The van der Waals surface area contributed by atoms with Crippen LogP contribution in [0.25, 0.3) is 11.1 Å². The molecule has 2 aromatic heterocycles. The maximum atomic E-state index is 13.9. The van der Waals surface area contributed by atoms with Crippen molar-refractivity contribution in [1.82, 2.24) is 20.8 Å². The van der Waals surface area contributed by atoms with Crippen LogP contribution in [-0.4, -0.2) is 46.9 Å². The first-order valence-electron chi connectivity index (χ1n) is 11.1. The van der Waals surface area contributed by atoms with Gasteiger partial charge in [0.2, 0.25) is 5.60 Å². The maximum Gasteiger partial charge on any atom is 0.345 e. The average Bonchev–Trinajstić information content (AvgIpc) is 3.40. The molecule has 3 aromatic rings. The highest BCUT2D eigenvalue weighted by Crippen LogP contribution is 2.31. The zero-order valence-electron chi connectivity index (χ0n) is 20.2. The van der Waals surface area contributed by atoms with Crippen LogP contribution in [0.15, 0.2) is 53.5 Å². The number of halogens is 1. The van der Waals surface area contributed by atoms with Crippen LogP contribution in [0, 0.1) is 5.82 Å². The van der Waals surface area contributed by atoms with E-state index in [1.807, 2.05) is 12.1 Å². The van der Waals surface area contributed by atoms with E-state index in [1.165, 1.54) is 17.8 Å². The number of rotatable bonds is 10. The van der Waals surface area contributed by atoms with Gasteiger partial charge in [-0.1, -0.05) is 31.2 Å². The number of carbonyl (C=O) groups excluding carboxylic acids is 1. The van der Waals surface area contributed by atoms with E-state index < -0.39 is 11.6 Å². The van der Waals surface area contributed by atoms with Crippen molar-refractivity contribution in [3.05, 3.63) is 71.6 Å². The lowest BCUT2D eigenvalue weighted by Gasteiger charge is -2.22. The van der Waals surface area contributed by atoms with Gasteiger partial charge in [0.1, 0.15) is 17.8 Å². The molecule has 1 atom stereocenters. The number of nitrogens with one attached hydrogen (secondary N) is 2. The van der Waals surface area contributed by atoms with E-state index in [-0.39, 0.29) is 30.6 Å². The Labute approximate surface area is 209 Å². The number of thiocarbonyl (C=S) groups is 1. The van der Waals surface area contributed by atoms with Crippen LogP contribution in [0.5, 0.6) is 0 Å². The first kappa shape index (κ1) is 28.0. The Hall–Kier alpha value is -3.21. The molecule has 1 unspecified atom stereocenters. The van der Waals surface area contributed by atoms with Gasteiger partial charge in [-0.05, 0) is 66.4 Å². The lowest BCUT2D eigenvalue weighted by atomic mass is 9.90. The third-order valence-electron chi connectivity index (χ3n) is 5.13. The molecule has 3 N–H and O–H groups in total. The first-order valence-corrected chi connectivity index (χ1v) is 11.6. The first-order chi connectivity index (χ1) is 16.8. The van der Waals surface area contributed by atoms with E-state index >= 15 is 0 Å². The van der Waals surface area contributed by atoms with Crippen LogP contribution in [-0.2, 0) is 21.7 Å². The smallest absolute Gasteiger partial charge is 0.345 e. The Bertz CT molecular complexity index is 1080. The second-order valence-corrected chi connectivity index (χ2v) is 8.14. The second kappa shape index (κ2) is 13.6. The molecular formula is C25H31FN4O4S. The van der Waals surface area contributed by atoms with E-state index in [4.69, 9.17) is 17.0 Å². The van der Waals surface area contributed by atoms with Crippen molar-refractivity contribution >= 4 is 23.7 Å². The van der Waals surface area contributed by atoms with Gasteiger partial charge >= 0.3 is 5.97 Å². The van der Waals surface area contributed by atoms with E-state index in [2.05, 4.69) is 39.1 Å². The van der Waals surface area contributed by atoms with Crippen molar-refractivity contribution in [2.24, 2.45) is 0 Å². The third-order valence-corrected chi connectivity index (χ3v) is 5.30. The number of hydrogen-bond donors (Lipinski definition) is 3. The molecule has 0 aliphatic carbocycles. The van der Waals surface area contributed by atoms with Gasteiger partial charge in [-0.15, -0.1) is 0 Å². The molecule has 0 saturated heterocycles. The minimum atomic E-state index is -1.79. The van der Waals surface area contributed by atoms with Crippen LogP contribution >= 0.6 is 12.2 Å². The summed E-state index contributed by atoms with van der Waals surface area (Å²) < 4.78 is 23.3. The second-order valence-electron chi connectivity index (χ2n) is 7.91. The van der Waals surface area contributed by atoms with Gasteiger partial charge in [0, 0.05) is 31.5 Å². The summed E-state index contributed by atoms with van der Waals surface area (Å²) in [6, 6.07) is 8.38. The summed E-state index contributed by atoms with van der Waals surface area (Å²) in [4.78, 5) is 15.6. The molecule has 0 saturated carbocycles. The number of benzene rings is 1. The van der Waals surface area contributed by atoms with E-state index in [1.54, 1.807) is 38.5 Å². The molecule has 0 aliphatic heterocycles. The summed E-state index contributed by atoms with van der Waals surface area (Å²) in [5, 5.41) is 19.4. The zero-order chi connectivity index (χ0) is 25.8. The quantitative estimate of drug-likeness (QED) is 0.282. The topological polar surface area (TPSA) is 110 Å². The Balaban J connectivity index is 0.000000258. The van der Waals surface area contributed by atoms with Crippen LogP contribution in [0.3, 0.4) is 0 Å². The molecule has 35 heavy (non-hydrogen) atoms. The number of aromatic nitrogens is 2. The summed E-state index contributed by atoms with van der Waals surface area (Å²) >= 11 is 4.83. The Morgan fingerprint density at radius 2 is 2.03 bits per heavy atom. The van der Waals surface area contributed by atoms with Crippen molar-refractivity contribution in [1.29, 1.82) is 0 Å². The number of likely N-dealkylation sites (N-methyl/N-ethyl adjacent to an activating group) is 1. The zero-order valence-corrected chi connectivity index (χ0v) is 21.1. The molecule has 8 nitrogen and oxygen atoms in total. The number of pyridine rings is 1. The number of hydrogen-bond acceptors (Lipinski definition) is 8. The lowest BCUT2D eigenvalue weighted by Crippen LogP contribution is -2.45. The minimum absolute atomic E-state index is 0.0123. The Morgan fingerprint density at radius 1 is 1.31 bits per heavy atom. The fourth-order valence-electron chi connectivity index (χ4n) is 3.50. The summed E-state index contributed by atoms with van der Waals surface area (Å²) in [7, 11) is 1.62. The van der Waals surface area contributed by atoms with Crippen molar-refractivity contribution in [2.75, 3.05) is 20.2 Å². The van der Waals surface area contributed by atoms with E-state index in [0.717, 1.165) is 22.3 Å². The number of nitrogens with zero attached hydrogens (tertiary/aromatic N) is 2. The summed E-state index contributed by atoms with van der Waals surface area (Å²) in [6.45, 7) is 6.59. The normalized spacial score (nSPS) is 12.3. The molecule has 0 aliphatic rings. The fraction of sp³-hybridized carbons (Fsp3) is 0.360. The molecular weight excluding hydrogens is 471 g/mol. The highest BCUT2D eigenvalue weighted by atomic mass is 32.1. The van der Waals surface area contributed by atoms with Gasteiger partial charge in [0.15, 0.2) is 0 Å². The molecule has 1 aromatic carbocycles. The summed E-state index contributed by atoms with van der Waals surface area (Å²) in [5.74, 6) is -0.715. The van der Waals surface area contributed by atoms with Gasteiger partial charge < -0.3 is 25.0 Å². The highest BCUT2D eigenvalue weighted by molar-refractivity contribution is 7.78. The standard InChI is InChI=1S/C16H17FN2S.C9H14N2O4/c1-11(2)14-7-13(17)8-15(16(14)9-19-10-20)12-3-5-18-6-4-12;1-3-14-8(12)9(13,6-10-2)7-4-5-15-11-7/h3-8,10-11H,9H2,1-2H3,(H,19,20);4-5,10,13H,3,6H2,1-2H3. The molecule has 3 rings (SSSR count). The Morgan fingerprint density at radius 3 is 2.57 bits per heavy atom. The van der Waals surface area contributed by atoms with E-state index in [0.29, 0.717) is 6.54 Å². The van der Waals surface area contributed by atoms with Gasteiger partial charge in [-0.25, -0.2) is 9.18 Å². The predicted molar refractivity (Wildman–Crippen MR) is 135 cm³/mol. The van der Waals surface area contributed by atoms with Crippen LogP contribution in [0.4, 0.5) is 4.39 Å². The summed E-state index contributed by atoms with van der Waals surface area (Å²) in [6.07, 6.45) is 4.71. The average molecular weight is 503 g/mol. The van der Waals surface area contributed by atoms with Crippen molar-refractivity contribution in [3.8, 4) is 11.1 Å². The minimum Gasteiger partial charge on any atom is -0.464 e. The molecule has 188 valence electrons. The monoisotopic (exact) mass is 502 g/mol. The summed E-state index contributed by atoms with van der Waals surface area (Å²) in [5.41, 5.74) is 3.76. The molecule has 10 heteroatoms. The van der Waals surface area contributed by atoms with Gasteiger partial charge in [-0.3, -0.25) is 4.98 Å². The number of esters is 1. The fourth-order valence-corrected chi connectivity index (χ4v) is 3.59. The van der Waals surface area contributed by atoms with Crippen molar-refractivity contribution in [2.45, 2.75) is 38.8 Å². The largest absolute Gasteiger partial charge is 0.464 e. The van der Waals surface area contributed by atoms with Crippen molar-refractivity contribution < 1.29 is 23.6 Å². The van der Waals surface area contributed by atoms with E-state index in [9.17, 15) is 14.3 Å². The van der Waals surface area contributed by atoms with Crippen LogP contribution in [0.1, 0.15) is 43.5 Å². The number of carbonyl (C=O) groups is 1. The van der Waals surface area contributed by atoms with Gasteiger partial charge in [-0.2, -0.15) is 0 Å². The SMILES string of the molecule is CC(C)c1cc(F)cc(-c2ccncc2)c1CNC=S.CCOC(=O)C(O)(CNC)c1ccon1. The highest BCUT2D eigenvalue weighted by Gasteiger charge is 2.41. The predicted octanol–water partition coefficient (Wildman–Crippen LogP) is 3.70.